The highest BCUT2D eigenvalue weighted by atomic mass is 32.1. The van der Waals surface area contributed by atoms with Crippen LogP contribution in [0.5, 0.6) is 0 Å². The summed E-state index contributed by atoms with van der Waals surface area (Å²) in [6, 6.07) is 8.89. The van der Waals surface area contributed by atoms with Crippen LogP contribution < -0.4 is 5.32 Å². The summed E-state index contributed by atoms with van der Waals surface area (Å²) in [7, 11) is 4.24. The molecule has 1 heterocycles. The standard InChI is InChI=1S/C15H23N3S/c1-12-6-4-7-13(10-12)16-15(19)18-9-5-8-14(18)11-17(2)3/h4,6-7,10,14H,5,8-9,11H2,1-3H3,(H,16,19). The highest BCUT2D eigenvalue weighted by molar-refractivity contribution is 7.80. The Labute approximate surface area is 121 Å². The van der Waals surface area contributed by atoms with Gasteiger partial charge < -0.3 is 15.1 Å². The van der Waals surface area contributed by atoms with E-state index in [9.17, 15) is 0 Å². The molecule has 104 valence electrons. The van der Waals surface area contributed by atoms with Gasteiger partial charge in [0.25, 0.3) is 0 Å². The maximum atomic E-state index is 5.57. The Kier molecular flexibility index (Phi) is 4.77. The number of thiocarbonyl (C=S) groups is 1. The Balaban J connectivity index is 1.99. The zero-order valence-corrected chi connectivity index (χ0v) is 12.8. The molecule has 0 saturated carbocycles. The third kappa shape index (κ3) is 3.91. The minimum absolute atomic E-state index is 0.541. The second-order valence-corrected chi connectivity index (χ2v) is 5.94. The van der Waals surface area contributed by atoms with Gasteiger partial charge in [-0.2, -0.15) is 0 Å². The number of hydrogen-bond acceptors (Lipinski definition) is 2. The van der Waals surface area contributed by atoms with E-state index in [4.69, 9.17) is 12.2 Å². The van der Waals surface area contributed by atoms with Gasteiger partial charge in [0.1, 0.15) is 0 Å². The lowest BCUT2D eigenvalue weighted by atomic mass is 10.2. The van der Waals surface area contributed by atoms with Crippen molar-refractivity contribution in [2.45, 2.75) is 25.8 Å². The van der Waals surface area contributed by atoms with E-state index in [1.165, 1.54) is 18.4 Å². The summed E-state index contributed by atoms with van der Waals surface area (Å²) in [5.41, 5.74) is 2.33. The molecule has 4 heteroatoms. The predicted octanol–water partition coefficient (Wildman–Crippen LogP) is 2.72. The van der Waals surface area contributed by atoms with Crippen LogP contribution in [-0.4, -0.2) is 48.1 Å². The van der Waals surface area contributed by atoms with E-state index in [0.29, 0.717) is 6.04 Å². The summed E-state index contributed by atoms with van der Waals surface area (Å²) in [6.45, 7) is 4.23. The van der Waals surface area contributed by atoms with Gasteiger partial charge in [-0.3, -0.25) is 0 Å². The summed E-state index contributed by atoms with van der Waals surface area (Å²) in [6.07, 6.45) is 2.46. The van der Waals surface area contributed by atoms with E-state index in [0.717, 1.165) is 23.9 Å². The lowest BCUT2D eigenvalue weighted by molar-refractivity contribution is 0.288. The first kappa shape index (κ1) is 14.3. The Hall–Kier alpha value is -1.13. The monoisotopic (exact) mass is 277 g/mol. The van der Waals surface area contributed by atoms with Crippen LogP contribution >= 0.6 is 12.2 Å². The van der Waals surface area contributed by atoms with Crippen LogP contribution in [0.2, 0.25) is 0 Å². The van der Waals surface area contributed by atoms with Gasteiger partial charge in [0.2, 0.25) is 0 Å². The third-order valence-electron chi connectivity index (χ3n) is 3.48. The van der Waals surface area contributed by atoms with Crippen molar-refractivity contribution >= 4 is 23.0 Å². The molecule has 1 aliphatic heterocycles. The van der Waals surface area contributed by atoms with E-state index >= 15 is 0 Å². The number of benzene rings is 1. The van der Waals surface area contributed by atoms with Gasteiger partial charge >= 0.3 is 0 Å². The topological polar surface area (TPSA) is 18.5 Å². The van der Waals surface area contributed by atoms with Crippen LogP contribution in [0.15, 0.2) is 24.3 Å². The number of hydrogen-bond donors (Lipinski definition) is 1. The van der Waals surface area contributed by atoms with Crippen molar-refractivity contribution in [1.29, 1.82) is 0 Å². The molecule has 2 rings (SSSR count). The van der Waals surface area contributed by atoms with Crippen molar-refractivity contribution in [1.82, 2.24) is 9.80 Å². The van der Waals surface area contributed by atoms with Gasteiger partial charge in [-0.25, -0.2) is 0 Å². The van der Waals surface area contributed by atoms with Crippen LogP contribution in [0.4, 0.5) is 5.69 Å². The predicted molar refractivity (Wildman–Crippen MR) is 85.7 cm³/mol. The summed E-state index contributed by atoms with van der Waals surface area (Å²) in [4.78, 5) is 4.57. The molecule has 0 amide bonds. The first-order valence-electron chi connectivity index (χ1n) is 6.85. The number of likely N-dealkylation sites (tertiary alicyclic amines) is 1. The second kappa shape index (κ2) is 6.35. The van der Waals surface area contributed by atoms with E-state index in [2.05, 4.69) is 60.4 Å². The van der Waals surface area contributed by atoms with Crippen LogP contribution in [0, 0.1) is 6.92 Å². The Morgan fingerprint density at radius 1 is 1.47 bits per heavy atom. The average Bonchev–Trinajstić information content (AvgIpc) is 2.76. The van der Waals surface area contributed by atoms with Gasteiger partial charge in [-0.05, 0) is 63.8 Å². The number of nitrogens with one attached hydrogen (secondary N) is 1. The fourth-order valence-electron chi connectivity index (χ4n) is 2.63. The number of anilines is 1. The minimum atomic E-state index is 0.541. The van der Waals surface area contributed by atoms with Crippen LogP contribution in [-0.2, 0) is 0 Å². The van der Waals surface area contributed by atoms with E-state index in [1.54, 1.807) is 0 Å². The van der Waals surface area contributed by atoms with Gasteiger partial charge in [0.15, 0.2) is 5.11 Å². The molecule has 1 aromatic carbocycles. The van der Waals surface area contributed by atoms with Crippen molar-refractivity contribution in [2.24, 2.45) is 0 Å². The zero-order valence-electron chi connectivity index (χ0n) is 12.0. The van der Waals surface area contributed by atoms with Gasteiger partial charge in [-0.1, -0.05) is 12.1 Å². The zero-order chi connectivity index (χ0) is 13.8. The van der Waals surface area contributed by atoms with E-state index in [-0.39, 0.29) is 0 Å². The lowest BCUT2D eigenvalue weighted by Crippen LogP contribution is -2.43. The molecular formula is C15H23N3S. The summed E-state index contributed by atoms with van der Waals surface area (Å²) >= 11 is 5.57. The quantitative estimate of drug-likeness (QED) is 0.856. The highest BCUT2D eigenvalue weighted by Gasteiger charge is 2.26. The van der Waals surface area contributed by atoms with Gasteiger partial charge in [-0.15, -0.1) is 0 Å². The molecule has 0 spiro atoms. The second-order valence-electron chi connectivity index (χ2n) is 5.55. The molecule has 1 unspecified atom stereocenters. The molecule has 0 bridgehead atoms. The number of likely N-dealkylation sites (N-methyl/N-ethyl adjacent to an activating group) is 1. The largest absolute Gasteiger partial charge is 0.345 e. The molecule has 1 aromatic rings. The van der Waals surface area contributed by atoms with E-state index < -0.39 is 0 Å². The fourth-order valence-corrected chi connectivity index (χ4v) is 2.99. The molecule has 3 nitrogen and oxygen atoms in total. The molecular weight excluding hydrogens is 254 g/mol. The smallest absolute Gasteiger partial charge is 0.173 e. The SMILES string of the molecule is Cc1cccc(NC(=S)N2CCCC2CN(C)C)c1. The summed E-state index contributed by atoms with van der Waals surface area (Å²) < 4.78 is 0. The van der Waals surface area contributed by atoms with Gasteiger partial charge in [0.05, 0.1) is 0 Å². The number of rotatable bonds is 3. The van der Waals surface area contributed by atoms with E-state index in [1.807, 2.05) is 0 Å². The maximum absolute atomic E-state index is 5.57. The normalized spacial score (nSPS) is 18.9. The molecule has 0 radical (unpaired) electrons. The van der Waals surface area contributed by atoms with Crippen LogP contribution in [0.1, 0.15) is 18.4 Å². The molecule has 1 aliphatic rings. The molecule has 0 aliphatic carbocycles. The number of nitrogens with zero attached hydrogens (tertiary/aromatic N) is 2. The third-order valence-corrected chi connectivity index (χ3v) is 3.82. The molecule has 1 N–H and O–H groups in total. The molecule has 19 heavy (non-hydrogen) atoms. The molecule has 1 fully saturated rings. The van der Waals surface area contributed by atoms with Crippen LogP contribution in [0.3, 0.4) is 0 Å². The lowest BCUT2D eigenvalue weighted by Gasteiger charge is -2.29. The van der Waals surface area contributed by atoms with Crippen molar-refractivity contribution < 1.29 is 0 Å². The summed E-state index contributed by atoms with van der Waals surface area (Å²) in [5.74, 6) is 0. The molecule has 0 aromatic heterocycles. The minimum Gasteiger partial charge on any atom is -0.345 e. The van der Waals surface area contributed by atoms with Crippen LogP contribution in [0.25, 0.3) is 0 Å². The van der Waals surface area contributed by atoms with Crippen molar-refractivity contribution in [3.05, 3.63) is 29.8 Å². The summed E-state index contributed by atoms with van der Waals surface area (Å²) in [5, 5.41) is 4.22. The van der Waals surface area contributed by atoms with Crippen molar-refractivity contribution in [2.75, 3.05) is 32.5 Å². The first-order chi connectivity index (χ1) is 9.06. The number of aryl methyl sites for hydroxylation is 1. The molecule has 1 atom stereocenters. The van der Waals surface area contributed by atoms with Crippen molar-refractivity contribution in [3.63, 3.8) is 0 Å². The average molecular weight is 277 g/mol. The Bertz CT molecular complexity index is 445. The Morgan fingerprint density at radius 2 is 2.26 bits per heavy atom. The van der Waals surface area contributed by atoms with Gasteiger partial charge in [0, 0.05) is 24.8 Å². The fraction of sp³-hybridized carbons (Fsp3) is 0.533. The van der Waals surface area contributed by atoms with Crippen molar-refractivity contribution in [3.8, 4) is 0 Å². The molecule has 1 saturated heterocycles. The maximum Gasteiger partial charge on any atom is 0.173 e. The highest BCUT2D eigenvalue weighted by Crippen LogP contribution is 2.20. The Morgan fingerprint density at radius 3 is 2.95 bits per heavy atom. The first-order valence-corrected chi connectivity index (χ1v) is 7.26.